The molecule has 7 nitrogen and oxygen atoms in total. The Labute approximate surface area is 149 Å². The summed E-state index contributed by atoms with van der Waals surface area (Å²) < 4.78 is 24.3. The van der Waals surface area contributed by atoms with E-state index < -0.39 is 9.84 Å². The third kappa shape index (κ3) is 3.22. The summed E-state index contributed by atoms with van der Waals surface area (Å²) in [4.78, 5) is 31.3. The van der Waals surface area contributed by atoms with E-state index >= 15 is 0 Å². The molecule has 0 spiro atoms. The fraction of sp³-hybridized carbons (Fsp3) is 0.562. The Kier molecular flexibility index (Phi) is 4.15. The molecule has 1 fully saturated rings. The molecule has 0 radical (unpaired) electrons. The minimum Gasteiger partial charge on any atom is -0.351 e. The molecular formula is C16H19N3O4S2. The molecule has 1 unspecified atom stereocenters. The lowest BCUT2D eigenvalue weighted by molar-refractivity contribution is -0.122. The van der Waals surface area contributed by atoms with Gasteiger partial charge in [-0.15, -0.1) is 11.3 Å². The van der Waals surface area contributed by atoms with Crippen molar-refractivity contribution in [2.45, 2.75) is 44.7 Å². The molecule has 25 heavy (non-hydrogen) atoms. The highest BCUT2D eigenvalue weighted by Crippen LogP contribution is 2.33. The van der Waals surface area contributed by atoms with E-state index in [1.165, 1.54) is 15.8 Å². The van der Waals surface area contributed by atoms with Gasteiger partial charge >= 0.3 is 0 Å². The van der Waals surface area contributed by atoms with Gasteiger partial charge in [0, 0.05) is 10.9 Å². The van der Waals surface area contributed by atoms with Crippen molar-refractivity contribution in [3.8, 4) is 0 Å². The maximum atomic E-state index is 12.8. The molecule has 1 atom stereocenters. The van der Waals surface area contributed by atoms with Crippen molar-refractivity contribution in [1.82, 2.24) is 14.9 Å². The van der Waals surface area contributed by atoms with Crippen molar-refractivity contribution in [2.75, 3.05) is 11.5 Å². The summed E-state index contributed by atoms with van der Waals surface area (Å²) in [5, 5.41) is 3.36. The zero-order chi connectivity index (χ0) is 17.6. The van der Waals surface area contributed by atoms with Crippen molar-refractivity contribution >= 4 is 37.3 Å². The first-order valence-electron chi connectivity index (χ1n) is 8.42. The van der Waals surface area contributed by atoms with Gasteiger partial charge in [0.25, 0.3) is 5.56 Å². The minimum atomic E-state index is -3.05. The van der Waals surface area contributed by atoms with Crippen molar-refractivity contribution in [2.24, 2.45) is 0 Å². The average Bonchev–Trinajstić information content (AvgIpc) is 3.10. The van der Waals surface area contributed by atoms with Crippen LogP contribution in [0.4, 0.5) is 0 Å². The van der Waals surface area contributed by atoms with E-state index in [9.17, 15) is 18.0 Å². The first-order chi connectivity index (χ1) is 11.9. The van der Waals surface area contributed by atoms with Crippen LogP contribution >= 0.6 is 11.3 Å². The molecule has 1 saturated heterocycles. The SMILES string of the molecule is O=C(Cn1cnc2sc3c(c2c1=O)CCCC3)NC1CCS(=O)(=O)C1. The van der Waals surface area contributed by atoms with Crippen LogP contribution < -0.4 is 10.9 Å². The van der Waals surface area contributed by atoms with Crippen molar-refractivity contribution in [3.05, 3.63) is 27.1 Å². The molecule has 0 bridgehead atoms. The number of carbonyl (C=O) groups excluding carboxylic acids is 1. The van der Waals surface area contributed by atoms with E-state index in [1.54, 1.807) is 11.3 Å². The van der Waals surface area contributed by atoms with Crippen LogP contribution in [-0.2, 0) is 34.0 Å². The molecule has 134 valence electrons. The van der Waals surface area contributed by atoms with Gasteiger partial charge in [-0.1, -0.05) is 0 Å². The van der Waals surface area contributed by atoms with Crippen LogP contribution in [0.15, 0.2) is 11.1 Å². The maximum Gasteiger partial charge on any atom is 0.262 e. The smallest absolute Gasteiger partial charge is 0.262 e. The number of aromatic nitrogens is 2. The molecule has 1 aliphatic carbocycles. The monoisotopic (exact) mass is 381 g/mol. The van der Waals surface area contributed by atoms with Gasteiger partial charge in [-0.05, 0) is 37.7 Å². The molecule has 0 saturated carbocycles. The number of carbonyl (C=O) groups is 1. The molecule has 0 aromatic carbocycles. The van der Waals surface area contributed by atoms with Crippen LogP contribution in [0.3, 0.4) is 0 Å². The van der Waals surface area contributed by atoms with Crippen LogP contribution in [0.25, 0.3) is 10.2 Å². The maximum absolute atomic E-state index is 12.8. The lowest BCUT2D eigenvalue weighted by atomic mass is 9.97. The molecule has 3 heterocycles. The number of thiophene rings is 1. The number of sulfone groups is 1. The van der Waals surface area contributed by atoms with Gasteiger partial charge in [0.2, 0.25) is 5.91 Å². The lowest BCUT2D eigenvalue weighted by Gasteiger charge is -2.12. The Balaban J connectivity index is 1.56. The highest BCUT2D eigenvalue weighted by molar-refractivity contribution is 7.91. The topological polar surface area (TPSA) is 98.1 Å². The van der Waals surface area contributed by atoms with Crippen LogP contribution in [0.1, 0.15) is 29.7 Å². The molecule has 2 aromatic rings. The lowest BCUT2D eigenvalue weighted by Crippen LogP contribution is -2.39. The van der Waals surface area contributed by atoms with E-state index in [0.29, 0.717) is 11.8 Å². The minimum absolute atomic E-state index is 0.0248. The molecule has 1 amide bonds. The fourth-order valence-electron chi connectivity index (χ4n) is 3.63. The van der Waals surface area contributed by atoms with Crippen molar-refractivity contribution < 1.29 is 13.2 Å². The van der Waals surface area contributed by atoms with E-state index in [4.69, 9.17) is 0 Å². The van der Waals surface area contributed by atoms with Crippen LogP contribution in [0.5, 0.6) is 0 Å². The molecule has 9 heteroatoms. The second kappa shape index (κ2) is 6.21. The van der Waals surface area contributed by atoms with Gasteiger partial charge in [-0.2, -0.15) is 0 Å². The van der Waals surface area contributed by atoms with Gasteiger partial charge in [-0.25, -0.2) is 13.4 Å². The summed E-state index contributed by atoms with van der Waals surface area (Å²) >= 11 is 1.58. The van der Waals surface area contributed by atoms with Gasteiger partial charge in [0.05, 0.1) is 23.2 Å². The molecule has 4 rings (SSSR count). The quantitative estimate of drug-likeness (QED) is 0.841. The predicted octanol–water partition coefficient (Wildman–Crippen LogP) is 0.640. The van der Waals surface area contributed by atoms with Gasteiger partial charge in [0.1, 0.15) is 11.4 Å². The Bertz CT molecular complexity index is 1010. The normalized spacial score (nSPS) is 22.0. The molecule has 1 aliphatic heterocycles. The van der Waals surface area contributed by atoms with Crippen LogP contribution in [0.2, 0.25) is 0 Å². The van der Waals surface area contributed by atoms with Crippen molar-refractivity contribution in [1.29, 1.82) is 0 Å². The summed E-state index contributed by atoms with van der Waals surface area (Å²) in [6, 6.07) is -0.362. The number of aryl methyl sites for hydroxylation is 2. The van der Waals surface area contributed by atoms with Crippen molar-refractivity contribution in [3.63, 3.8) is 0 Å². The summed E-state index contributed by atoms with van der Waals surface area (Å²) in [5.74, 6) is -0.274. The number of nitrogens with one attached hydrogen (secondary N) is 1. The molecule has 2 aliphatic rings. The summed E-state index contributed by atoms with van der Waals surface area (Å²) in [5.41, 5.74) is 0.916. The van der Waals surface area contributed by atoms with Gasteiger partial charge < -0.3 is 5.32 Å². The third-order valence-corrected chi connectivity index (χ3v) is 7.82. The first kappa shape index (κ1) is 16.7. The van der Waals surface area contributed by atoms with E-state index in [-0.39, 0.29) is 35.6 Å². The Morgan fingerprint density at radius 3 is 2.92 bits per heavy atom. The second-order valence-corrected chi connectivity index (χ2v) is 10.0. The Morgan fingerprint density at radius 2 is 2.16 bits per heavy atom. The summed E-state index contributed by atoms with van der Waals surface area (Å²) in [6.45, 7) is -0.136. The number of rotatable bonds is 3. The second-order valence-electron chi connectivity index (χ2n) is 6.74. The zero-order valence-electron chi connectivity index (χ0n) is 13.7. The highest BCUT2D eigenvalue weighted by atomic mass is 32.2. The Hall–Kier alpha value is -1.74. The van der Waals surface area contributed by atoms with E-state index in [2.05, 4.69) is 10.3 Å². The predicted molar refractivity (Wildman–Crippen MR) is 95.7 cm³/mol. The van der Waals surface area contributed by atoms with E-state index in [0.717, 1.165) is 36.1 Å². The number of hydrogen-bond acceptors (Lipinski definition) is 6. The van der Waals surface area contributed by atoms with Crippen LogP contribution in [0, 0.1) is 0 Å². The van der Waals surface area contributed by atoms with Crippen LogP contribution in [-0.4, -0.2) is 41.4 Å². The van der Waals surface area contributed by atoms with Gasteiger partial charge in [-0.3, -0.25) is 14.2 Å². The molecular weight excluding hydrogens is 362 g/mol. The molecule has 2 aromatic heterocycles. The molecule has 1 N–H and O–H groups in total. The van der Waals surface area contributed by atoms with Gasteiger partial charge in [0.15, 0.2) is 9.84 Å². The summed E-state index contributed by atoms with van der Waals surface area (Å²) in [7, 11) is -3.05. The first-order valence-corrected chi connectivity index (χ1v) is 11.1. The fourth-order valence-corrected chi connectivity index (χ4v) is 6.52. The largest absolute Gasteiger partial charge is 0.351 e. The number of hydrogen-bond donors (Lipinski definition) is 1. The standard InChI is InChI=1S/C16H19N3O4S2/c20-13(18-10-5-6-25(22,23)8-10)7-19-9-17-15-14(16(19)21)11-3-1-2-4-12(11)24-15/h9-10H,1-8H2,(H,18,20). The Morgan fingerprint density at radius 1 is 1.36 bits per heavy atom. The number of nitrogens with zero attached hydrogens (tertiary/aromatic N) is 2. The number of fused-ring (bicyclic) bond motifs is 3. The highest BCUT2D eigenvalue weighted by Gasteiger charge is 2.29. The van der Waals surface area contributed by atoms with E-state index in [1.807, 2.05) is 0 Å². The number of amides is 1. The zero-order valence-corrected chi connectivity index (χ0v) is 15.3. The average molecular weight is 381 g/mol. The third-order valence-electron chi connectivity index (χ3n) is 4.85. The summed E-state index contributed by atoms with van der Waals surface area (Å²) in [6.07, 6.45) is 5.94.